The second-order valence-electron chi connectivity index (χ2n) is 9.31. The predicted octanol–water partition coefficient (Wildman–Crippen LogP) is 2.84. The van der Waals surface area contributed by atoms with E-state index < -0.39 is 42.4 Å². The fourth-order valence-corrected chi connectivity index (χ4v) is 9.50. The van der Waals surface area contributed by atoms with Crippen molar-refractivity contribution in [1.82, 2.24) is 5.32 Å². The maximum absolute atomic E-state index is 14.0. The molecule has 0 fully saturated rings. The van der Waals surface area contributed by atoms with Crippen LogP contribution in [-0.4, -0.2) is 49.2 Å². The highest BCUT2D eigenvalue weighted by Crippen LogP contribution is 2.49. The lowest BCUT2D eigenvalue weighted by molar-refractivity contribution is -0.151. The molecule has 3 aromatic rings. The summed E-state index contributed by atoms with van der Waals surface area (Å²) in [6.07, 6.45) is 0. The molecule has 0 spiro atoms. The van der Waals surface area contributed by atoms with Crippen molar-refractivity contribution in [3.8, 4) is 0 Å². The van der Waals surface area contributed by atoms with Crippen molar-refractivity contribution < 1.29 is 28.7 Å². The van der Waals surface area contributed by atoms with Crippen molar-refractivity contribution in [1.29, 1.82) is 0 Å². The minimum absolute atomic E-state index is 0.0135. The first-order valence-corrected chi connectivity index (χ1v) is 14.4. The molecule has 0 unspecified atom stereocenters. The minimum Gasteiger partial charge on any atom is -0.469 e. The molecule has 8 heteroatoms. The zero-order valence-electron chi connectivity index (χ0n) is 22.8. The Morgan fingerprint density at radius 2 is 1.08 bits per heavy atom. The molecular weight excluding hydrogens is 513 g/mol. The number of rotatable bonds is 10. The van der Waals surface area contributed by atoms with Crippen LogP contribution >= 0.6 is 6.89 Å². The van der Waals surface area contributed by atoms with Gasteiger partial charge in [0.1, 0.15) is 17.6 Å². The molecular formula is C31H34NO6P. The Kier molecular flexibility index (Phi) is 10.0. The third-order valence-corrected chi connectivity index (χ3v) is 10.8. The summed E-state index contributed by atoms with van der Waals surface area (Å²) < 4.78 is 10.5. The van der Waals surface area contributed by atoms with Gasteiger partial charge >= 0.3 is 11.9 Å². The highest BCUT2D eigenvalue weighted by molar-refractivity contribution is 7.96. The fourth-order valence-electron chi connectivity index (χ4n) is 4.87. The van der Waals surface area contributed by atoms with Gasteiger partial charge in [-0.2, -0.15) is 0 Å². The zero-order chi connectivity index (χ0) is 28.6. The van der Waals surface area contributed by atoms with Crippen molar-refractivity contribution in [3.05, 3.63) is 91.0 Å². The lowest BCUT2D eigenvalue weighted by Crippen LogP contribution is -2.50. The van der Waals surface area contributed by atoms with Gasteiger partial charge in [0, 0.05) is 6.04 Å². The second kappa shape index (κ2) is 13.2. The molecule has 3 aromatic carbocycles. The molecule has 1 N–H and O–H groups in total. The van der Waals surface area contributed by atoms with E-state index in [9.17, 15) is 19.2 Å². The monoisotopic (exact) mass is 547 g/mol. The second-order valence-corrected chi connectivity index (χ2v) is 12.7. The van der Waals surface area contributed by atoms with E-state index in [-0.39, 0.29) is 11.3 Å². The molecule has 0 aliphatic heterocycles. The number of ketones is 1. The summed E-state index contributed by atoms with van der Waals surface area (Å²) in [6.45, 7) is 1.53. The molecule has 0 aromatic heterocycles. The van der Waals surface area contributed by atoms with E-state index in [0.717, 1.165) is 15.9 Å². The number of esters is 2. The first-order valence-electron chi connectivity index (χ1n) is 12.6. The van der Waals surface area contributed by atoms with Gasteiger partial charge in [-0.3, -0.25) is 14.4 Å². The van der Waals surface area contributed by atoms with E-state index >= 15 is 0 Å². The number of hydrogen-bond donors (Lipinski definition) is 1. The normalized spacial score (nSPS) is 12.7. The van der Waals surface area contributed by atoms with E-state index in [1.165, 1.54) is 21.1 Å². The van der Waals surface area contributed by atoms with Crippen LogP contribution in [0.1, 0.15) is 20.8 Å². The van der Waals surface area contributed by atoms with Crippen LogP contribution in [0.15, 0.2) is 91.0 Å². The molecule has 0 aliphatic rings. The molecule has 0 aliphatic carbocycles. The molecule has 0 saturated carbocycles. The van der Waals surface area contributed by atoms with Gasteiger partial charge in [0.2, 0.25) is 5.91 Å². The van der Waals surface area contributed by atoms with Gasteiger partial charge in [0.05, 0.1) is 19.5 Å². The van der Waals surface area contributed by atoms with Gasteiger partial charge in [0.25, 0.3) is 0 Å². The number of ether oxygens (including phenoxy) is 2. The number of carbonyl (C=O) groups is 4. The van der Waals surface area contributed by atoms with Crippen molar-refractivity contribution in [2.24, 2.45) is 11.8 Å². The average molecular weight is 548 g/mol. The molecule has 0 bridgehead atoms. The van der Waals surface area contributed by atoms with Crippen molar-refractivity contribution in [2.75, 3.05) is 14.2 Å². The predicted molar refractivity (Wildman–Crippen MR) is 155 cm³/mol. The fraction of sp³-hybridized carbons (Fsp3) is 0.258. The third-order valence-electron chi connectivity index (χ3n) is 6.42. The smallest absolute Gasteiger partial charge is 0.335 e. The topological polar surface area (TPSA) is 98.8 Å². The number of carbonyl (C=O) groups excluding carboxylic acids is 4. The molecule has 3 rings (SSSR count). The maximum atomic E-state index is 14.0. The van der Waals surface area contributed by atoms with Gasteiger partial charge in [-0.1, -0.05) is 91.0 Å². The maximum Gasteiger partial charge on any atom is 0.335 e. The van der Waals surface area contributed by atoms with E-state index in [1.807, 2.05) is 91.0 Å². The Balaban J connectivity index is 2.70. The summed E-state index contributed by atoms with van der Waals surface area (Å²) >= 11 is 0. The van der Waals surface area contributed by atoms with E-state index in [4.69, 9.17) is 9.47 Å². The summed E-state index contributed by atoms with van der Waals surface area (Å²) in [7, 11) is 2.40. The van der Waals surface area contributed by atoms with Crippen molar-refractivity contribution in [2.45, 2.75) is 26.8 Å². The van der Waals surface area contributed by atoms with E-state index in [1.54, 1.807) is 13.8 Å². The lowest BCUT2D eigenvalue weighted by atomic mass is 9.85. The van der Waals surface area contributed by atoms with Crippen LogP contribution in [-0.2, 0) is 28.7 Å². The number of amides is 1. The Labute approximate surface area is 229 Å². The Morgan fingerprint density at radius 3 is 1.38 bits per heavy atom. The zero-order valence-corrected chi connectivity index (χ0v) is 23.7. The SMILES string of the molecule is COC(=O)C([C@@H](C(=O)OC)[C@@H](C(C)=O)C(=O)NC(C)C)=P(c1ccccc1)(c1ccccc1)c1ccccc1. The van der Waals surface area contributed by atoms with Gasteiger partial charge in [-0.25, -0.2) is 4.79 Å². The number of hydrogen-bond acceptors (Lipinski definition) is 6. The molecule has 0 saturated heterocycles. The Hall–Kier alpha value is -3.96. The largest absolute Gasteiger partial charge is 0.469 e. The van der Waals surface area contributed by atoms with Gasteiger partial charge in [-0.15, -0.1) is 0 Å². The summed E-state index contributed by atoms with van der Waals surface area (Å²) in [5, 5.41) is 5.02. The Morgan fingerprint density at radius 1 is 0.667 bits per heavy atom. The van der Waals surface area contributed by atoms with Crippen LogP contribution in [0.2, 0.25) is 0 Å². The minimum atomic E-state index is -3.22. The number of methoxy groups -OCH3 is 2. The van der Waals surface area contributed by atoms with Gasteiger partial charge in [0.15, 0.2) is 0 Å². The molecule has 0 radical (unpaired) electrons. The van der Waals surface area contributed by atoms with Crippen LogP contribution in [0, 0.1) is 11.8 Å². The number of Topliss-reactive ketones (excluding diaryl/α,β-unsaturated/α-hetero) is 1. The highest BCUT2D eigenvalue weighted by atomic mass is 31.2. The average Bonchev–Trinajstić information content (AvgIpc) is 2.95. The highest BCUT2D eigenvalue weighted by Gasteiger charge is 2.48. The van der Waals surface area contributed by atoms with Gasteiger partial charge < -0.3 is 14.8 Å². The molecule has 1 amide bonds. The third kappa shape index (κ3) is 6.04. The lowest BCUT2D eigenvalue weighted by Gasteiger charge is -2.35. The van der Waals surface area contributed by atoms with Crippen LogP contribution < -0.4 is 21.2 Å². The van der Waals surface area contributed by atoms with Crippen LogP contribution in [0.3, 0.4) is 0 Å². The summed E-state index contributed by atoms with van der Waals surface area (Å²) in [6, 6.07) is 27.7. The van der Waals surface area contributed by atoms with E-state index in [2.05, 4.69) is 5.32 Å². The first kappa shape index (κ1) is 29.6. The molecule has 7 nitrogen and oxygen atoms in total. The van der Waals surface area contributed by atoms with Gasteiger partial charge in [-0.05, 0) is 43.6 Å². The van der Waals surface area contributed by atoms with Crippen molar-refractivity contribution in [3.63, 3.8) is 0 Å². The van der Waals surface area contributed by atoms with E-state index in [0.29, 0.717) is 0 Å². The van der Waals surface area contributed by atoms with Crippen LogP contribution in [0.25, 0.3) is 0 Å². The number of benzene rings is 3. The standard InChI is InChI=1S/C31H34NO6P/c1-21(2)32-29(34)26(22(3)33)27(30(35)37-4)28(31(36)38-5)39(23-15-9-6-10-16-23,24-17-11-7-12-18-24)25-19-13-8-14-20-25/h6-21,26-27H,1-5H3,(H,32,34)/t26-,27+/m1/s1. The molecule has 39 heavy (non-hydrogen) atoms. The first-order chi connectivity index (χ1) is 18.7. The summed E-state index contributed by atoms with van der Waals surface area (Å²) in [5.74, 6) is -5.98. The molecule has 0 heterocycles. The summed E-state index contributed by atoms with van der Waals surface area (Å²) in [5.41, 5.74) is 0. The Bertz CT molecular complexity index is 1270. The van der Waals surface area contributed by atoms with Crippen LogP contribution in [0.5, 0.6) is 0 Å². The van der Waals surface area contributed by atoms with Crippen LogP contribution in [0.4, 0.5) is 0 Å². The molecule has 204 valence electrons. The molecule has 2 atom stereocenters. The summed E-state index contributed by atoms with van der Waals surface area (Å²) in [4.78, 5) is 54.4. The number of nitrogens with one attached hydrogen (secondary N) is 1. The quantitative estimate of drug-likeness (QED) is 0.238. The van der Waals surface area contributed by atoms with Crippen molar-refractivity contribution >= 4 is 51.7 Å².